The summed E-state index contributed by atoms with van der Waals surface area (Å²) in [6.07, 6.45) is 0. The molecule has 0 fully saturated rings. The summed E-state index contributed by atoms with van der Waals surface area (Å²) in [7, 11) is 4.76. The molecule has 44 heavy (non-hydrogen) atoms. The normalized spacial score (nSPS) is 14.2. The number of nitrogens with one attached hydrogen (secondary N) is 1. The number of carbonyl (C=O) groups is 2. The van der Waals surface area contributed by atoms with E-state index in [-0.39, 0.29) is 22.9 Å². The molecule has 226 valence electrons. The predicted molar refractivity (Wildman–Crippen MR) is 167 cm³/mol. The summed E-state index contributed by atoms with van der Waals surface area (Å²) in [5.41, 5.74) is 9.63. The van der Waals surface area contributed by atoms with E-state index in [1.54, 1.807) is 31.2 Å². The number of amides is 1. The Labute approximate surface area is 254 Å². The van der Waals surface area contributed by atoms with Crippen molar-refractivity contribution in [2.75, 3.05) is 31.5 Å². The third-order valence-electron chi connectivity index (χ3n) is 7.62. The fourth-order valence-corrected chi connectivity index (χ4v) is 5.53. The molecular formula is C33H32N4O7. The van der Waals surface area contributed by atoms with Gasteiger partial charge in [-0.15, -0.1) is 0 Å². The van der Waals surface area contributed by atoms with E-state index in [0.717, 1.165) is 5.69 Å². The van der Waals surface area contributed by atoms with Crippen LogP contribution in [0.4, 0.5) is 17.1 Å². The first-order chi connectivity index (χ1) is 21.0. The second kappa shape index (κ2) is 11.7. The van der Waals surface area contributed by atoms with Gasteiger partial charge in [-0.05, 0) is 49.7 Å². The third kappa shape index (κ3) is 5.29. The summed E-state index contributed by atoms with van der Waals surface area (Å²) in [6.45, 7) is 3.63. The van der Waals surface area contributed by atoms with Gasteiger partial charge in [0, 0.05) is 35.9 Å². The molecule has 1 heterocycles. The minimum absolute atomic E-state index is 0.123. The average molecular weight is 597 g/mol. The van der Waals surface area contributed by atoms with Gasteiger partial charge in [-0.3, -0.25) is 14.9 Å². The molecule has 0 saturated carbocycles. The standard InChI is InChI=1S/C33H32N4O7/c1-33(2)32(39)36(3)30-24(35-33)17-16-21(28(30)29(34)23-11-7-9-13-26(23)42-4)20-15-14-19(18-27(20)43-5)44-31(38)22-10-6-8-12-25(22)37(40)41/h6-18,29,35H,34H2,1-5H3. The van der Waals surface area contributed by atoms with Gasteiger partial charge in [-0.1, -0.05) is 36.4 Å². The van der Waals surface area contributed by atoms with Crippen molar-refractivity contribution in [1.82, 2.24) is 0 Å². The maximum atomic E-state index is 13.4. The Kier molecular flexibility index (Phi) is 7.99. The zero-order valence-electron chi connectivity index (χ0n) is 24.9. The highest BCUT2D eigenvalue weighted by atomic mass is 16.6. The molecule has 0 spiro atoms. The van der Waals surface area contributed by atoms with Crippen LogP contribution in [0, 0.1) is 10.1 Å². The van der Waals surface area contributed by atoms with Crippen LogP contribution in [-0.2, 0) is 4.79 Å². The van der Waals surface area contributed by atoms with Gasteiger partial charge in [0.1, 0.15) is 28.4 Å². The molecule has 11 heteroatoms. The number of carbonyl (C=O) groups excluding carboxylic acids is 2. The van der Waals surface area contributed by atoms with Gasteiger partial charge < -0.3 is 30.2 Å². The molecule has 0 radical (unpaired) electrons. The smallest absolute Gasteiger partial charge is 0.350 e. The Hall–Kier alpha value is -5.42. The topological polar surface area (TPSA) is 146 Å². The van der Waals surface area contributed by atoms with E-state index >= 15 is 0 Å². The van der Waals surface area contributed by atoms with Crippen molar-refractivity contribution in [3.63, 3.8) is 0 Å². The van der Waals surface area contributed by atoms with Gasteiger partial charge in [0.05, 0.1) is 36.6 Å². The van der Waals surface area contributed by atoms with Gasteiger partial charge in [0.25, 0.3) is 11.6 Å². The van der Waals surface area contributed by atoms with Crippen LogP contribution >= 0.6 is 0 Å². The molecule has 1 amide bonds. The van der Waals surface area contributed by atoms with E-state index in [1.165, 1.54) is 37.4 Å². The lowest BCUT2D eigenvalue weighted by Gasteiger charge is -2.40. The highest BCUT2D eigenvalue weighted by Crippen LogP contribution is 2.48. The van der Waals surface area contributed by atoms with Crippen LogP contribution in [0.15, 0.2) is 78.9 Å². The lowest BCUT2D eigenvalue weighted by atomic mass is 9.86. The van der Waals surface area contributed by atoms with E-state index in [4.69, 9.17) is 19.9 Å². The zero-order chi connectivity index (χ0) is 31.8. The number of anilines is 2. The molecule has 11 nitrogen and oxygen atoms in total. The number of benzene rings is 4. The van der Waals surface area contributed by atoms with Crippen molar-refractivity contribution in [3.05, 3.63) is 106 Å². The van der Waals surface area contributed by atoms with E-state index < -0.39 is 22.5 Å². The Balaban J connectivity index is 1.65. The number of fused-ring (bicyclic) bond motifs is 1. The molecule has 1 atom stereocenters. The quantitative estimate of drug-likeness (QED) is 0.113. The molecule has 1 unspecified atom stereocenters. The first kappa shape index (κ1) is 30.1. The summed E-state index contributed by atoms with van der Waals surface area (Å²) < 4.78 is 16.9. The van der Waals surface area contributed by atoms with Crippen molar-refractivity contribution >= 4 is 28.9 Å². The number of nitro groups is 1. The van der Waals surface area contributed by atoms with Gasteiger partial charge in [-0.2, -0.15) is 0 Å². The first-order valence-electron chi connectivity index (χ1n) is 13.7. The fourth-order valence-electron chi connectivity index (χ4n) is 5.53. The number of nitrogens with zero attached hydrogens (tertiary/aromatic N) is 2. The highest BCUT2D eigenvalue weighted by molar-refractivity contribution is 6.09. The minimum Gasteiger partial charge on any atom is -0.496 e. The van der Waals surface area contributed by atoms with Gasteiger partial charge in [-0.25, -0.2) is 4.79 Å². The molecule has 0 aliphatic carbocycles. The van der Waals surface area contributed by atoms with Crippen LogP contribution in [0.25, 0.3) is 11.1 Å². The Morgan fingerprint density at radius 2 is 1.61 bits per heavy atom. The van der Waals surface area contributed by atoms with E-state index in [2.05, 4.69) is 5.32 Å². The number of ether oxygens (including phenoxy) is 3. The molecule has 3 N–H and O–H groups in total. The number of methoxy groups -OCH3 is 2. The summed E-state index contributed by atoms with van der Waals surface area (Å²) >= 11 is 0. The Morgan fingerprint density at radius 3 is 2.32 bits per heavy atom. The van der Waals surface area contributed by atoms with Crippen LogP contribution < -0.4 is 30.2 Å². The lowest BCUT2D eigenvalue weighted by Crippen LogP contribution is -2.52. The zero-order valence-corrected chi connectivity index (χ0v) is 24.9. The number of nitro benzene ring substituents is 1. The Morgan fingerprint density at radius 1 is 0.955 bits per heavy atom. The van der Waals surface area contributed by atoms with Crippen molar-refractivity contribution in [1.29, 1.82) is 0 Å². The number of hydrogen-bond donors (Lipinski definition) is 2. The molecule has 4 aromatic rings. The summed E-state index contributed by atoms with van der Waals surface area (Å²) in [4.78, 5) is 38.7. The molecule has 0 bridgehead atoms. The maximum absolute atomic E-state index is 13.4. The molecule has 4 aromatic carbocycles. The predicted octanol–water partition coefficient (Wildman–Crippen LogP) is 5.71. The molecule has 0 aromatic heterocycles. The first-order valence-corrected chi connectivity index (χ1v) is 13.7. The second-order valence-corrected chi connectivity index (χ2v) is 10.8. The van der Waals surface area contributed by atoms with Crippen LogP contribution in [0.1, 0.15) is 41.4 Å². The van der Waals surface area contributed by atoms with Crippen molar-refractivity contribution < 1.29 is 28.7 Å². The van der Waals surface area contributed by atoms with Gasteiger partial charge >= 0.3 is 5.97 Å². The highest BCUT2D eigenvalue weighted by Gasteiger charge is 2.40. The van der Waals surface area contributed by atoms with Crippen molar-refractivity contribution in [2.45, 2.75) is 25.4 Å². The van der Waals surface area contributed by atoms with Crippen molar-refractivity contribution in [2.24, 2.45) is 5.73 Å². The Bertz CT molecular complexity index is 1790. The van der Waals surface area contributed by atoms with Crippen LogP contribution in [0.5, 0.6) is 17.2 Å². The van der Waals surface area contributed by atoms with E-state index in [9.17, 15) is 19.7 Å². The number of esters is 1. The molecule has 1 aliphatic rings. The van der Waals surface area contributed by atoms with Crippen LogP contribution in [0.3, 0.4) is 0 Å². The fraction of sp³-hybridized carbons (Fsp3) is 0.212. The van der Waals surface area contributed by atoms with Crippen molar-refractivity contribution in [3.8, 4) is 28.4 Å². The van der Waals surface area contributed by atoms with Crippen LogP contribution in [0.2, 0.25) is 0 Å². The number of nitrogens with two attached hydrogens (primary N) is 1. The maximum Gasteiger partial charge on any atom is 0.350 e. The third-order valence-corrected chi connectivity index (χ3v) is 7.62. The average Bonchev–Trinajstić information content (AvgIpc) is 3.02. The summed E-state index contributed by atoms with van der Waals surface area (Å²) in [5.74, 6) is 0.0432. The molecule has 0 saturated heterocycles. The van der Waals surface area contributed by atoms with E-state index in [0.29, 0.717) is 39.4 Å². The molecule has 5 rings (SSSR count). The SMILES string of the molecule is COc1cc(OC(=O)c2ccccc2[N+](=O)[O-])ccc1-c1ccc2c(c1C(N)c1ccccc1OC)N(C)C(=O)C(C)(C)N2. The number of para-hydroxylation sites is 2. The van der Waals surface area contributed by atoms with Gasteiger partial charge in [0.2, 0.25) is 0 Å². The number of likely N-dealkylation sites (N-methyl/N-ethyl adjacent to an activating group) is 1. The molecular weight excluding hydrogens is 564 g/mol. The van der Waals surface area contributed by atoms with Gasteiger partial charge in [0.15, 0.2) is 0 Å². The largest absolute Gasteiger partial charge is 0.496 e. The van der Waals surface area contributed by atoms with Crippen LogP contribution in [-0.4, -0.2) is 43.6 Å². The number of hydrogen-bond acceptors (Lipinski definition) is 9. The monoisotopic (exact) mass is 596 g/mol. The number of rotatable bonds is 8. The molecule has 1 aliphatic heterocycles. The minimum atomic E-state index is -0.881. The summed E-state index contributed by atoms with van der Waals surface area (Å²) in [6, 6.07) is 20.8. The lowest BCUT2D eigenvalue weighted by molar-refractivity contribution is -0.385. The summed E-state index contributed by atoms with van der Waals surface area (Å²) in [5, 5.41) is 14.8. The van der Waals surface area contributed by atoms with E-state index in [1.807, 2.05) is 50.2 Å². The second-order valence-electron chi connectivity index (χ2n) is 10.8.